The van der Waals surface area contributed by atoms with Gasteiger partial charge in [-0.2, -0.15) is 0 Å². The van der Waals surface area contributed by atoms with Crippen LogP contribution in [0.1, 0.15) is 78.7 Å². The highest BCUT2D eigenvalue weighted by atomic mass is 16.8. The van der Waals surface area contributed by atoms with Crippen molar-refractivity contribution in [2.24, 2.45) is 17.8 Å². The second-order valence-electron chi connectivity index (χ2n) is 13.5. The van der Waals surface area contributed by atoms with E-state index in [-0.39, 0.29) is 30.3 Å². The number of esters is 2. The summed E-state index contributed by atoms with van der Waals surface area (Å²) in [5.74, 6) is -10.8. The number of aliphatic hydroxyl groups excluding tert-OH is 1. The zero-order valence-electron chi connectivity index (χ0n) is 28.5. The molecule has 272 valence electrons. The Morgan fingerprint density at radius 3 is 2.14 bits per heavy atom. The average molecular weight is 693 g/mol. The van der Waals surface area contributed by atoms with Gasteiger partial charge in [0.25, 0.3) is 0 Å². The molecule has 0 spiro atoms. The van der Waals surface area contributed by atoms with Gasteiger partial charge in [-0.1, -0.05) is 71.0 Å². The minimum atomic E-state index is -3.87. The van der Waals surface area contributed by atoms with Crippen molar-refractivity contribution in [3.63, 3.8) is 0 Å². The van der Waals surface area contributed by atoms with Crippen molar-refractivity contribution >= 4 is 29.8 Å². The molecule has 5 N–H and O–H groups in total. The van der Waals surface area contributed by atoms with E-state index in [1.54, 1.807) is 0 Å². The summed E-state index contributed by atoms with van der Waals surface area (Å²) in [4.78, 5) is 63.1. The number of carbonyl (C=O) groups excluding carboxylic acids is 2. The lowest BCUT2D eigenvalue weighted by molar-refractivity contribution is -0.374. The maximum absolute atomic E-state index is 13.1. The van der Waals surface area contributed by atoms with Crippen LogP contribution < -0.4 is 0 Å². The monoisotopic (exact) mass is 692 g/mol. The minimum Gasteiger partial charge on any atom is -0.479 e. The molecule has 2 heterocycles. The molecule has 4 unspecified atom stereocenters. The first-order chi connectivity index (χ1) is 22.9. The minimum absolute atomic E-state index is 0.0578. The lowest BCUT2D eigenvalue weighted by Crippen LogP contribution is -2.78. The number of rotatable bonds is 18. The molecule has 0 radical (unpaired) electrons. The van der Waals surface area contributed by atoms with E-state index in [0.717, 1.165) is 18.4 Å². The highest BCUT2D eigenvalue weighted by molar-refractivity contribution is 5.98. The van der Waals surface area contributed by atoms with Crippen LogP contribution in [0.4, 0.5) is 0 Å². The first kappa shape index (κ1) is 39.6. The third-order valence-electron chi connectivity index (χ3n) is 9.61. The van der Waals surface area contributed by atoms with Crippen LogP contribution in [0.15, 0.2) is 42.5 Å². The van der Waals surface area contributed by atoms with E-state index in [0.29, 0.717) is 18.8 Å². The topological polar surface area (TPSA) is 223 Å². The van der Waals surface area contributed by atoms with Crippen LogP contribution >= 0.6 is 0 Å². The molecule has 1 aromatic rings. The van der Waals surface area contributed by atoms with Crippen molar-refractivity contribution in [2.45, 2.75) is 121 Å². The number of carbonyl (C=O) groups is 5. The van der Waals surface area contributed by atoms with Crippen molar-refractivity contribution in [2.75, 3.05) is 0 Å². The number of hydrogen-bond acceptors (Lipinski definition) is 11. The number of hydrogen-bond donors (Lipinski definition) is 5. The summed E-state index contributed by atoms with van der Waals surface area (Å²) in [5.41, 5.74) is -6.20. The number of benzene rings is 1. The van der Waals surface area contributed by atoms with E-state index in [2.05, 4.69) is 13.5 Å². The van der Waals surface area contributed by atoms with Crippen molar-refractivity contribution in [1.82, 2.24) is 0 Å². The average Bonchev–Trinajstić information content (AvgIpc) is 3.25. The van der Waals surface area contributed by atoms with E-state index >= 15 is 0 Å². The molecule has 0 aromatic heterocycles. The molecule has 14 nitrogen and oxygen atoms in total. The molecule has 2 aliphatic rings. The molecular weight excluding hydrogens is 644 g/mol. The molecule has 2 bridgehead atoms. The fraction of sp³-hybridized carbons (Fsp3) is 0.629. The van der Waals surface area contributed by atoms with Gasteiger partial charge in [-0.3, -0.25) is 9.59 Å². The zero-order chi connectivity index (χ0) is 36.9. The van der Waals surface area contributed by atoms with E-state index < -0.39 is 77.7 Å². The number of fused-ring (bicyclic) bond motifs is 2. The Balaban J connectivity index is 1.98. The number of aliphatic carboxylic acids is 3. The lowest BCUT2D eigenvalue weighted by atomic mass is 9.74. The van der Waals surface area contributed by atoms with Crippen molar-refractivity contribution in [3.8, 4) is 0 Å². The van der Waals surface area contributed by atoms with Crippen molar-refractivity contribution in [1.29, 1.82) is 0 Å². The Labute approximate surface area is 285 Å². The number of aliphatic hydroxyl groups is 2. The highest BCUT2D eigenvalue weighted by Gasteiger charge is 2.85. The number of carboxylic acid groups (broad SMARTS) is 3. The van der Waals surface area contributed by atoms with Gasteiger partial charge in [0, 0.05) is 25.7 Å². The summed E-state index contributed by atoms with van der Waals surface area (Å²) in [6.07, 6.45) is -6.96. The molecule has 0 amide bonds. The fourth-order valence-corrected chi connectivity index (χ4v) is 6.83. The van der Waals surface area contributed by atoms with Gasteiger partial charge in [0.1, 0.15) is 12.2 Å². The molecule has 2 aliphatic heterocycles. The summed E-state index contributed by atoms with van der Waals surface area (Å²) in [5, 5.41) is 53.6. The van der Waals surface area contributed by atoms with Crippen LogP contribution in [0.5, 0.6) is 0 Å². The Morgan fingerprint density at radius 2 is 1.61 bits per heavy atom. The largest absolute Gasteiger partial charge is 0.479 e. The first-order valence-electron chi connectivity index (χ1n) is 16.4. The lowest BCUT2D eigenvalue weighted by Gasteiger charge is -2.48. The molecule has 3 rings (SSSR count). The molecule has 2 saturated heterocycles. The Hall–Kier alpha value is -3.85. The number of ether oxygens (including phenoxy) is 4. The van der Waals surface area contributed by atoms with Gasteiger partial charge >= 0.3 is 29.8 Å². The zero-order valence-corrected chi connectivity index (χ0v) is 28.5. The molecular formula is C35H48O14. The summed E-state index contributed by atoms with van der Waals surface area (Å²) in [7, 11) is 0. The van der Waals surface area contributed by atoms with E-state index in [4.69, 9.17) is 18.9 Å². The predicted molar refractivity (Wildman–Crippen MR) is 171 cm³/mol. The van der Waals surface area contributed by atoms with Crippen LogP contribution in [0.2, 0.25) is 0 Å². The van der Waals surface area contributed by atoms with Crippen LogP contribution in [0.25, 0.3) is 0 Å². The fourth-order valence-electron chi connectivity index (χ4n) is 6.83. The second kappa shape index (κ2) is 15.8. The molecule has 49 heavy (non-hydrogen) atoms. The Bertz CT molecular complexity index is 1400. The molecule has 14 heteroatoms. The van der Waals surface area contributed by atoms with E-state index in [1.807, 2.05) is 51.1 Å². The van der Waals surface area contributed by atoms with Crippen LogP contribution in [-0.2, 0) is 49.3 Å². The van der Waals surface area contributed by atoms with Gasteiger partial charge in [-0.05, 0) is 48.7 Å². The third-order valence-corrected chi connectivity index (χ3v) is 9.61. The van der Waals surface area contributed by atoms with Crippen molar-refractivity contribution < 1.29 is 68.5 Å². The molecule has 0 saturated carbocycles. The summed E-state index contributed by atoms with van der Waals surface area (Å²) in [6, 6.07) is 9.31. The molecule has 10 atom stereocenters. The van der Waals surface area contributed by atoms with Gasteiger partial charge in [-0.15, -0.1) is 0 Å². The van der Waals surface area contributed by atoms with E-state index in [1.165, 1.54) is 6.92 Å². The summed E-state index contributed by atoms with van der Waals surface area (Å²) < 4.78 is 22.2. The maximum Gasteiger partial charge on any atom is 0.344 e. The van der Waals surface area contributed by atoms with Gasteiger partial charge in [-0.25, -0.2) is 14.4 Å². The van der Waals surface area contributed by atoms with Crippen LogP contribution in [-0.4, -0.2) is 96.8 Å². The standard InChI is InChI=1S/C35H48O14/c1-7-19(2)17-20(3)13-14-25(37)47-28-27(38)33(48-29(30(39)40)34(45,31(41)42)35(28,49-33)32(43)44)16-15-21(4)26(46-23(6)36)22(5)18-24-11-9-8-10-12-24/h8-12,19-20,22,26-29,38,45H,4,7,13-18H2,1-3,5-6H3,(H,39,40)(H,41,42)(H,43,44)/t19-,20+,22+,26+,27+,28+,29?,33?,34?,35?/m0/s1. The van der Waals surface area contributed by atoms with Crippen LogP contribution in [0.3, 0.4) is 0 Å². The first-order valence-corrected chi connectivity index (χ1v) is 16.4. The number of carboxylic acids is 3. The van der Waals surface area contributed by atoms with Gasteiger partial charge < -0.3 is 44.5 Å². The smallest absolute Gasteiger partial charge is 0.344 e. The summed E-state index contributed by atoms with van der Waals surface area (Å²) >= 11 is 0. The quantitative estimate of drug-likeness (QED) is 0.110. The SMILES string of the molecule is C=C(CCC12OC(C(=O)O)C(O)(C(=O)O)C(C(=O)O)(O1)[C@H](OC(=O)CC[C@@H](C)C[C@@H](C)CC)[C@H]2O)[C@@H](OC(C)=O)[C@H](C)Cc1ccccc1. The molecule has 0 aliphatic carbocycles. The van der Waals surface area contributed by atoms with Gasteiger partial charge in [0.15, 0.2) is 6.10 Å². The Morgan fingerprint density at radius 1 is 0.980 bits per heavy atom. The molecule has 2 fully saturated rings. The van der Waals surface area contributed by atoms with Crippen LogP contribution in [0, 0.1) is 17.8 Å². The normalized spacial score (nSPS) is 30.0. The third kappa shape index (κ3) is 7.98. The highest BCUT2D eigenvalue weighted by Crippen LogP contribution is 2.56. The molecule has 1 aromatic carbocycles. The van der Waals surface area contributed by atoms with Gasteiger partial charge in [0.2, 0.25) is 23.1 Å². The van der Waals surface area contributed by atoms with Crippen molar-refractivity contribution in [3.05, 3.63) is 48.0 Å². The Kier molecular flexibility index (Phi) is 12.8. The predicted octanol–water partition coefficient (Wildman–Crippen LogP) is 3.11. The van der Waals surface area contributed by atoms with Gasteiger partial charge in [0.05, 0.1) is 0 Å². The second-order valence-corrected chi connectivity index (χ2v) is 13.5. The maximum atomic E-state index is 13.1. The van der Waals surface area contributed by atoms with E-state index in [9.17, 15) is 49.5 Å². The summed E-state index contributed by atoms with van der Waals surface area (Å²) in [6.45, 7) is 13.0.